The molecule has 0 bridgehead atoms. The van der Waals surface area contributed by atoms with Gasteiger partial charge in [0.1, 0.15) is 0 Å². The molecule has 0 aliphatic heterocycles. The largest absolute Gasteiger partial charge is 0.481 e. The summed E-state index contributed by atoms with van der Waals surface area (Å²) in [6.45, 7) is 0. The molecule has 0 fully saturated rings. The van der Waals surface area contributed by atoms with Crippen LogP contribution in [0.2, 0.25) is 0 Å². The van der Waals surface area contributed by atoms with Crippen LogP contribution < -0.4 is 0 Å². The van der Waals surface area contributed by atoms with E-state index in [0.29, 0.717) is 0 Å². The summed E-state index contributed by atoms with van der Waals surface area (Å²) in [6.07, 6.45) is 0.0881. The Labute approximate surface area is 89.2 Å². The number of hydrogen-bond acceptors (Lipinski definition) is 1. The number of rotatable bonds is 2. The molecule has 78 valence electrons. The van der Waals surface area contributed by atoms with Gasteiger partial charge in [-0.25, -0.2) is 0 Å². The Morgan fingerprint density at radius 1 is 1.07 bits per heavy atom. The van der Waals surface area contributed by atoms with Crippen molar-refractivity contribution in [2.45, 2.75) is 13.8 Å². The smallest absolute Gasteiger partial charge is 0.307 e. The fourth-order valence-electron chi connectivity index (χ4n) is 1.52. The molecule has 0 saturated carbocycles. The van der Waals surface area contributed by atoms with Crippen molar-refractivity contribution in [2.75, 3.05) is 0 Å². The molecule has 0 aromatic heterocycles. The van der Waals surface area contributed by atoms with Crippen molar-refractivity contribution in [3.8, 4) is 0 Å². The van der Waals surface area contributed by atoms with Gasteiger partial charge in [0.05, 0.1) is 6.42 Å². The second-order valence-electron chi connectivity index (χ2n) is 3.25. The molecule has 0 atom stereocenters. The first-order valence-corrected chi connectivity index (χ1v) is 4.45. The van der Waals surface area contributed by atoms with Gasteiger partial charge in [-0.15, -0.1) is 0 Å². The second kappa shape index (κ2) is 4.60. The van der Waals surface area contributed by atoms with Crippen LogP contribution in [0.4, 0.5) is 0 Å². The Kier molecular flexibility index (Phi) is 3.45. The predicted molar refractivity (Wildman–Crippen MR) is 62.0 cm³/mol. The van der Waals surface area contributed by atoms with Gasteiger partial charge in [0, 0.05) is 0 Å². The zero-order chi connectivity index (χ0) is 9.97. The summed E-state index contributed by atoms with van der Waals surface area (Å²) < 4.78 is 0. The summed E-state index contributed by atoms with van der Waals surface area (Å²) in [4.78, 5) is 10.5. The molecule has 15 heavy (non-hydrogen) atoms. The van der Waals surface area contributed by atoms with Crippen LogP contribution in [0.1, 0.15) is 13.0 Å². The molecule has 0 unspecified atom stereocenters. The third kappa shape index (κ3) is 2.56. The summed E-state index contributed by atoms with van der Waals surface area (Å²) >= 11 is 0. The number of hydrogen-bond donors (Lipinski definition) is 1. The van der Waals surface area contributed by atoms with Gasteiger partial charge in [0.25, 0.3) is 0 Å². The Hall–Kier alpha value is -1.83. The van der Waals surface area contributed by atoms with E-state index in [-0.39, 0.29) is 13.8 Å². The van der Waals surface area contributed by atoms with Gasteiger partial charge in [-0.05, 0) is 16.3 Å². The van der Waals surface area contributed by atoms with E-state index in [1.54, 1.807) is 0 Å². The number of fused-ring (bicyclic) bond motifs is 1. The lowest BCUT2D eigenvalue weighted by Crippen LogP contribution is -1.99. The number of benzene rings is 2. The van der Waals surface area contributed by atoms with Gasteiger partial charge in [-0.3, -0.25) is 4.79 Å². The van der Waals surface area contributed by atoms with Crippen molar-refractivity contribution in [2.24, 2.45) is 0 Å². The minimum absolute atomic E-state index is 0. The molecule has 2 nitrogen and oxygen atoms in total. The van der Waals surface area contributed by atoms with E-state index in [1.165, 1.54) is 0 Å². The summed E-state index contributed by atoms with van der Waals surface area (Å²) in [6, 6.07) is 13.7. The maximum atomic E-state index is 10.5. The molecule has 0 aliphatic rings. The van der Waals surface area contributed by atoms with Crippen molar-refractivity contribution >= 4 is 16.7 Å². The molecule has 0 spiro atoms. The van der Waals surface area contributed by atoms with Crippen molar-refractivity contribution in [3.05, 3.63) is 48.0 Å². The van der Waals surface area contributed by atoms with E-state index in [0.717, 1.165) is 16.3 Å². The van der Waals surface area contributed by atoms with E-state index in [4.69, 9.17) is 5.11 Å². The summed E-state index contributed by atoms with van der Waals surface area (Å²) in [5.74, 6) is -0.791. The Morgan fingerprint density at radius 2 is 1.73 bits per heavy atom. The molecule has 0 saturated heterocycles. The first kappa shape index (κ1) is 11.2. The zero-order valence-electron chi connectivity index (χ0n) is 7.60. The zero-order valence-corrected chi connectivity index (χ0v) is 7.60. The van der Waals surface area contributed by atoms with Crippen LogP contribution in [0.25, 0.3) is 10.8 Å². The Bertz CT molecular complexity index is 475. The fraction of sp³-hybridized carbons (Fsp3) is 0.154. The van der Waals surface area contributed by atoms with Gasteiger partial charge < -0.3 is 5.11 Å². The van der Waals surface area contributed by atoms with E-state index >= 15 is 0 Å². The molecule has 2 aromatic rings. The lowest BCUT2D eigenvalue weighted by Gasteiger charge is -2.00. The fourth-order valence-corrected chi connectivity index (χ4v) is 1.52. The molecule has 2 rings (SSSR count). The Morgan fingerprint density at radius 3 is 2.40 bits per heavy atom. The van der Waals surface area contributed by atoms with E-state index < -0.39 is 5.97 Å². The van der Waals surface area contributed by atoms with Gasteiger partial charge in [0.2, 0.25) is 0 Å². The molecule has 1 N–H and O–H groups in total. The SMILES string of the molecule is C.O=C(O)Cc1ccc2ccccc2c1. The first-order valence-electron chi connectivity index (χ1n) is 4.45. The lowest BCUT2D eigenvalue weighted by molar-refractivity contribution is -0.136. The van der Waals surface area contributed by atoms with Crippen LogP contribution in [0.15, 0.2) is 42.5 Å². The topological polar surface area (TPSA) is 37.3 Å². The van der Waals surface area contributed by atoms with Crippen molar-refractivity contribution < 1.29 is 9.90 Å². The minimum Gasteiger partial charge on any atom is -0.481 e. The van der Waals surface area contributed by atoms with Gasteiger partial charge in [0.15, 0.2) is 0 Å². The highest BCUT2D eigenvalue weighted by Crippen LogP contribution is 2.15. The lowest BCUT2D eigenvalue weighted by atomic mass is 10.1. The second-order valence-corrected chi connectivity index (χ2v) is 3.25. The monoisotopic (exact) mass is 202 g/mol. The average molecular weight is 202 g/mol. The van der Waals surface area contributed by atoms with Crippen LogP contribution in [0.3, 0.4) is 0 Å². The van der Waals surface area contributed by atoms with E-state index in [1.807, 2.05) is 42.5 Å². The third-order valence-corrected chi connectivity index (χ3v) is 2.17. The van der Waals surface area contributed by atoms with Crippen molar-refractivity contribution in [1.82, 2.24) is 0 Å². The summed E-state index contributed by atoms with van der Waals surface area (Å²) in [5.41, 5.74) is 0.844. The van der Waals surface area contributed by atoms with E-state index in [9.17, 15) is 4.79 Å². The van der Waals surface area contributed by atoms with Crippen LogP contribution in [-0.2, 0) is 11.2 Å². The number of carboxylic acids is 1. The maximum absolute atomic E-state index is 10.5. The maximum Gasteiger partial charge on any atom is 0.307 e. The Balaban J connectivity index is 0.00000112. The summed E-state index contributed by atoms with van der Waals surface area (Å²) in [5, 5.41) is 10.9. The molecular weight excluding hydrogens is 188 g/mol. The average Bonchev–Trinajstić information content (AvgIpc) is 2.17. The minimum atomic E-state index is -0.791. The van der Waals surface area contributed by atoms with Gasteiger partial charge >= 0.3 is 5.97 Å². The molecule has 2 heteroatoms. The number of carboxylic acid groups (broad SMARTS) is 1. The van der Waals surface area contributed by atoms with Crippen LogP contribution in [-0.4, -0.2) is 11.1 Å². The van der Waals surface area contributed by atoms with Crippen LogP contribution in [0.5, 0.6) is 0 Å². The molecule has 0 radical (unpaired) electrons. The molecular formula is C13H14O2. The van der Waals surface area contributed by atoms with Crippen LogP contribution in [0, 0.1) is 0 Å². The third-order valence-electron chi connectivity index (χ3n) is 2.17. The summed E-state index contributed by atoms with van der Waals surface area (Å²) in [7, 11) is 0. The van der Waals surface area contributed by atoms with Crippen molar-refractivity contribution in [1.29, 1.82) is 0 Å². The standard InChI is InChI=1S/C12H10O2.CH4/c13-12(14)8-9-5-6-10-3-1-2-4-11(10)7-9;/h1-7H,8H2,(H,13,14);1H4. The number of carbonyl (C=O) groups is 1. The quantitative estimate of drug-likeness (QED) is 0.812. The first-order chi connectivity index (χ1) is 6.75. The van der Waals surface area contributed by atoms with E-state index in [2.05, 4.69) is 0 Å². The highest BCUT2D eigenvalue weighted by atomic mass is 16.4. The molecule has 2 aromatic carbocycles. The molecule has 0 aliphatic carbocycles. The molecule has 0 heterocycles. The normalized spacial score (nSPS) is 9.60. The highest BCUT2D eigenvalue weighted by Gasteiger charge is 2.00. The molecule has 0 amide bonds. The van der Waals surface area contributed by atoms with Crippen molar-refractivity contribution in [3.63, 3.8) is 0 Å². The van der Waals surface area contributed by atoms with Crippen LogP contribution >= 0.6 is 0 Å². The van der Waals surface area contributed by atoms with Gasteiger partial charge in [-0.2, -0.15) is 0 Å². The predicted octanol–water partition coefficient (Wildman–Crippen LogP) is 3.10. The number of aliphatic carboxylic acids is 1. The van der Waals surface area contributed by atoms with Gasteiger partial charge in [-0.1, -0.05) is 49.9 Å². The highest BCUT2D eigenvalue weighted by molar-refractivity contribution is 5.84.